The molecular formula is C13H19NO5. The molecule has 1 unspecified atom stereocenters. The number of benzene rings is 1. The highest BCUT2D eigenvalue weighted by Gasteiger charge is 2.20. The van der Waals surface area contributed by atoms with Crippen molar-refractivity contribution in [2.45, 2.75) is 18.9 Å². The van der Waals surface area contributed by atoms with E-state index >= 15 is 0 Å². The SMILES string of the molecule is COc1ccc(C(N)CCC(=O)O)c(OC)c1OC. The van der Waals surface area contributed by atoms with Gasteiger partial charge in [-0.1, -0.05) is 0 Å². The second-order valence-corrected chi connectivity index (χ2v) is 3.96. The summed E-state index contributed by atoms with van der Waals surface area (Å²) in [5, 5.41) is 8.69. The van der Waals surface area contributed by atoms with Gasteiger partial charge in [-0.25, -0.2) is 0 Å². The zero-order valence-corrected chi connectivity index (χ0v) is 11.3. The Hall–Kier alpha value is -1.95. The predicted octanol–water partition coefficient (Wildman–Crippen LogP) is 1.58. The van der Waals surface area contributed by atoms with Gasteiger partial charge in [0, 0.05) is 18.0 Å². The number of aliphatic carboxylic acids is 1. The lowest BCUT2D eigenvalue weighted by molar-refractivity contribution is -0.137. The molecule has 0 fully saturated rings. The van der Waals surface area contributed by atoms with Crippen LogP contribution in [0, 0.1) is 0 Å². The number of methoxy groups -OCH3 is 3. The Bertz CT molecular complexity index is 447. The average Bonchev–Trinajstić information content (AvgIpc) is 2.42. The van der Waals surface area contributed by atoms with Crippen molar-refractivity contribution in [3.05, 3.63) is 17.7 Å². The average molecular weight is 269 g/mol. The van der Waals surface area contributed by atoms with Crippen LogP contribution >= 0.6 is 0 Å². The molecule has 0 aliphatic rings. The zero-order chi connectivity index (χ0) is 14.4. The fourth-order valence-corrected chi connectivity index (χ4v) is 1.85. The van der Waals surface area contributed by atoms with Crippen LogP contribution in [-0.2, 0) is 4.79 Å². The lowest BCUT2D eigenvalue weighted by Gasteiger charge is -2.19. The van der Waals surface area contributed by atoms with Crippen LogP contribution in [-0.4, -0.2) is 32.4 Å². The van der Waals surface area contributed by atoms with E-state index in [4.69, 9.17) is 25.1 Å². The van der Waals surface area contributed by atoms with Crippen molar-refractivity contribution in [2.24, 2.45) is 5.73 Å². The minimum Gasteiger partial charge on any atom is -0.493 e. The fraction of sp³-hybridized carbons (Fsp3) is 0.462. The van der Waals surface area contributed by atoms with Gasteiger partial charge >= 0.3 is 5.97 Å². The topological polar surface area (TPSA) is 91.0 Å². The summed E-state index contributed by atoms with van der Waals surface area (Å²) in [6, 6.07) is 3.04. The number of hydrogen-bond donors (Lipinski definition) is 2. The first-order valence-corrected chi connectivity index (χ1v) is 5.81. The summed E-state index contributed by atoms with van der Waals surface area (Å²) < 4.78 is 15.7. The molecule has 106 valence electrons. The van der Waals surface area contributed by atoms with Crippen molar-refractivity contribution < 1.29 is 24.1 Å². The van der Waals surface area contributed by atoms with E-state index in [0.29, 0.717) is 29.2 Å². The Morgan fingerprint density at radius 2 is 1.84 bits per heavy atom. The second-order valence-electron chi connectivity index (χ2n) is 3.96. The number of ether oxygens (including phenoxy) is 3. The van der Waals surface area contributed by atoms with Gasteiger partial charge < -0.3 is 25.1 Å². The summed E-state index contributed by atoms with van der Waals surface area (Å²) in [4.78, 5) is 10.6. The molecule has 1 atom stereocenters. The van der Waals surface area contributed by atoms with Crippen molar-refractivity contribution >= 4 is 5.97 Å². The molecule has 1 rings (SSSR count). The van der Waals surface area contributed by atoms with Crippen LogP contribution in [0.5, 0.6) is 17.2 Å². The molecule has 0 heterocycles. The number of carbonyl (C=O) groups is 1. The van der Waals surface area contributed by atoms with Crippen molar-refractivity contribution in [3.63, 3.8) is 0 Å². The molecular weight excluding hydrogens is 250 g/mol. The summed E-state index contributed by atoms with van der Waals surface area (Å²) in [6.45, 7) is 0. The van der Waals surface area contributed by atoms with E-state index in [1.54, 1.807) is 12.1 Å². The summed E-state index contributed by atoms with van der Waals surface area (Å²) in [6.07, 6.45) is 0.319. The number of carboxylic acids is 1. The molecule has 1 aromatic carbocycles. The van der Waals surface area contributed by atoms with Crippen molar-refractivity contribution in [1.29, 1.82) is 0 Å². The molecule has 0 saturated heterocycles. The standard InChI is InChI=1S/C13H19NO5/c1-17-10-6-4-8(9(14)5-7-11(15)16)12(18-2)13(10)19-3/h4,6,9H,5,7,14H2,1-3H3,(H,15,16). The highest BCUT2D eigenvalue weighted by Crippen LogP contribution is 2.42. The maximum absolute atomic E-state index is 10.6. The smallest absolute Gasteiger partial charge is 0.303 e. The summed E-state index contributed by atoms with van der Waals surface area (Å²) in [7, 11) is 4.54. The minimum atomic E-state index is -0.880. The third kappa shape index (κ3) is 3.51. The molecule has 0 radical (unpaired) electrons. The summed E-state index contributed by atoms with van der Waals surface area (Å²) >= 11 is 0. The number of nitrogens with two attached hydrogens (primary N) is 1. The maximum Gasteiger partial charge on any atom is 0.303 e. The van der Waals surface area contributed by atoms with Crippen LogP contribution in [0.15, 0.2) is 12.1 Å². The molecule has 0 aromatic heterocycles. The van der Waals surface area contributed by atoms with E-state index in [1.807, 2.05) is 0 Å². The van der Waals surface area contributed by atoms with Crippen molar-refractivity contribution in [2.75, 3.05) is 21.3 Å². The van der Waals surface area contributed by atoms with E-state index in [9.17, 15) is 4.79 Å². The molecule has 6 nitrogen and oxygen atoms in total. The van der Waals surface area contributed by atoms with Gasteiger partial charge in [0.25, 0.3) is 0 Å². The van der Waals surface area contributed by atoms with Gasteiger partial charge in [0.2, 0.25) is 5.75 Å². The molecule has 0 bridgehead atoms. The Labute approximate surface area is 112 Å². The second kappa shape index (κ2) is 6.84. The Morgan fingerprint density at radius 3 is 2.32 bits per heavy atom. The molecule has 0 amide bonds. The van der Waals surface area contributed by atoms with E-state index in [0.717, 1.165) is 0 Å². The lowest BCUT2D eigenvalue weighted by Crippen LogP contribution is -2.14. The van der Waals surface area contributed by atoms with E-state index < -0.39 is 12.0 Å². The van der Waals surface area contributed by atoms with Crippen molar-refractivity contribution in [1.82, 2.24) is 0 Å². The van der Waals surface area contributed by atoms with Gasteiger partial charge in [-0.15, -0.1) is 0 Å². The first-order valence-electron chi connectivity index (χ1n) is 5.81. The van der Waals surface area contributed by atoms with Gasteiger partial charge in [-0.2, -0.15) is 0 Å². The Balaban J connectivity index is 3.09. The lowest BCUT2D eigenvalue weighted by atomic mass is 10.0. The largest absolute Gasteiger partial charge is 0.493 e. The monoisotopic (exact) mass is 269 g/mol. The molecule has 0 aliphatic heterocycles. The highest BCUT2D eigenvalue weighted by molar-refractivity contribution is 5.67. The fourth-order valence-electron chi connectivity index (χ4n) is 1.85. The predicted molar refractivity (Wildman–Crippen MR) is 69.9 cm³/mol. The molecule has 19 heavy (non-hydrogen) atoms. The van der Waals surface area contributed by atoms with E-state index in [1.165, 1.54) is 21.3 Å². The molecule has 0 spiro atoms. The van der Waals surface area contributed by atoms with Gasteiger partial charge in [0.05, 0.1) is 21.3 Å². The Kier molecular flexibility index (Phi) is 5.44. The van der Waals surface area contributed by atoms with Gasteiger partial charge in [-0.05, 0) is 18.6 Å². The van der Waals surface area contributed by atoms with Crippen LogP contribution in [0.2, 0.25) is 0 Å². The molecule has 3 N–H and O–H groups in total. The Morgan fingerprint density at radius 1 is 1.21 bits per heavy atom. The maximum atomic E-state index is 10.6. The number of carboxylic acid groups (broad SMARTS) is 1. The molecule has 1 aromatic rings. The van der Waals surface area contributed by atoms with Crippen molar-refractivity contribution in [3.8, 4) is 17.2 Å². The normalized spacial score (nSPS) is 11.8. The first-order chi connectivity index (χ1) is 9.04. The van der Waals surface area contributed by atoms with E-state index in [-0.39, 0.29) is 6.42 Å². The van der Waals surface area contributed by atoms with Crippen LogP contribution < -0.4 is 19.9 Å². The minimum absolute atomic E-state index is 0.00132. The third-order valence-electron chi connectivity index (χ3n) is 2.80. The molecule has 6 heteroatoms. The van der Waals surface area contributed by atoms with Crippen LogP contribution in [0.1, 0.15) is 24.4 Å². The zero-order valence-electron chi connectivity index (χ0n) is 11.3. The highest BCUT2D eigenvalue weighted by atomic mass is 16.5. The number of hydrogen-bond acceptors (Lipinski definition) is 5. The van der Waals surface area contributed by atoms with Gasteiger partial charge in [0.15, 0.2) is 11.5 Å². The van der Waals surface area contributed by atoms with Gasteiger partial charge in [0.1, 0.15) is 0 Å². The summed E-state index contributed by atoms with van der Waals surface area (Å²) in [5.74, 6) is 0.580. The third-order valence-corrected chi connectivity index (χ3v) is 2.80. The van der Waals surface area contributed by atoms with Crippen LogP contribution in [0.3, 0.4) is 0 Å². The van der Waals surface area contributed by atoms with E-state index in [2.05, 4.69) is 0 Å². The molecule has 0 saturated carbocycles. The molecule has 0 aliphatic carbocycles. The van der Waals surface area contributed by atoms with Gasteiger partial charge in [-0.3, -0.25) is 4.79 Å². The summed E-state index contributed by atoms with van der Waals surface area (Å²) in [5.41, 5.74) is 6.69. The number of rotatable bonds is 7. The van der Waals surface area contributed by atoms with Crippen LogP contribution in [0.4, 0.5) is 0 Å². The first kappa shape index (κ1) is 15.1. The quantitative estimate of drug-likeness (QED) is 0.781. The van der Waals surface area contributed by atoms with Crippen LogP contribution in [0.25, 0.3) is 0 Å².